The minimum absolute atomic E-state index is 0.0347. The molecule has 15 heavy (non-hydrogen) atoms. The largest absolute Gasteiger partial charge is 0.507 e. The minimum Gasteiger partial charge on any atom is -0.507 e. The van der Waals surface area contributed by atoms with Gasteiger partial charge in [0.15, 0.2) is 6.29 Å². The lowest BCUT2D eigenvalue weighted by molar-refractivity contribution is 0.112. The second kappa shape index (κ2) is 7.96. The summed E-state index contributed by atoms with van der Waals surface area (Å²) in [5.74, 6) is 0.0347. The lowest BCUT2D eigenvalue weighted by atomic mass is 10.2. The fourth-order valence-corrected chi connectivity index (χ4v) is 0.921. The standard InChI is InChI=1S/C7H6O2.C4H12N2/c8-5-6-3-1-2-4-7(6)9;1-2-3-4(5)6/h1-5,9H;4H,2-3,5-6H2,1H3. The number of aromatic hydroxyl groups is 1. The number of nitrogens with two attached hydrogens (primary N) is 2. The molecular weight excluding hydrogens is 192 g/mol. The van der Waals surface area contributed by atoms with E-state index in [0.717, 1.165) is 12.8 Å². The Hall–Kier alpha value is -1.39. The lowest BCUT2D eigenvalue weighted by Crippen LogP contribution is -2.29. The molecule has 0 aliphatic carbocycles. The summed E-state index contributed by atoms with van der Waals surface area (Å²) < 4.78 is 0. The van der Waals surface area contributed by atoms with Crippen molar-refractivity contribution in [2.24, 2.45) is 11.5 Å². The monoisotopic (exact) mass is 210 g/mol. The van der Waals surface area contributed by atoms with Gasteiger partial charge in [-0.25, -0.2) is 0 Å². The van der Waals surface area contributed by atoms with Gasteiger partial charge in [-0.1, -0.05) is 25.5 Å². The summed E-state index contributed by atoms with van der Waals surface area (Å²) in [6.07, 6.45) is 2.53. The smallest absolute Gasteiger partial charge is 0.153 e. The van der Waals surface area contributed by atoms with Crippen molar-refractivity contribution in [3.05, 3.63) is 29.8 Å². The van der Waals surface area contributed by atoms with Crippen LogP contribution in [0.3, 0.4) is 0 Å². The van der Waals surface area contributed by atoms with Gasteiger partial charge in [0, 0.05) is 0 Å². The molecule has 0 aromatic heterocycles. The first-order valence-electron chi connectivity index (χ1n) is 4.86. The van der Waals surface area contributed by atoms with E-state index in [2.05, 4.69) is 6.92 Å². The minimum atomic E-state index is -0.102. The molecule has 0 heterocycles. The molecular formula is C11H18N2O2. The van der Waals surface area contributed by atoms with Crippen molar-refractivity contribution in [2.45, 2.75) is 25.9 Å². The molecule has 4 nitrogen and oxygen atoms in total. The van der Waals surface area contributed by atoms with Crippen LogP contribution in [0, 0.1) is 0 Å². The number of aldehydes is 1. The molecule has 0 aliphatic rings. The predicted octanol–water partition coefficient (Wildman–Crippen LogP) is 1.23. The van der Waals surface area contributed by atoms with Crippen molar-refractivity contribution in [2.75, 3.05) is 0 Å². The normalized spacial score (nSPS) is 9.33. The molecule has 5 N–H and O–H groups in total. The summed E-state index contributed by atoms with van der Waals surface area (Å²) in [7, 11) is 0. The number of para-hydroxylation sites is 1. The van der Waals surface area contributed by atoms with Crippen LogP contribution < -0.4 is 11.5 Å². The number of carbonyl (C=O) groups excluding carboxylic acids is 1. The first kappa shape index (κ1) is 13.6. The molecule has 0 saturated heterocycles. The molecule has 1 aromatic carbocycles. The van der Waals surface area contributed by atoms with E-state index in [1.807, 2.05) is 0 Å². The zero-order valence-electron chi connectivity index (χ0n) is 8.89. The predicted molar refractivity (Wildman–Crippen MR) is 60.6 cm³/mol. The maximum absolute atomic E-state index is 10.1. The Labute approximate surface area is 89.9 Å². The zero-order chi connectivity index (χ0) is 11.7. The molecule has 0 fully saturated rings. The van der Waals surface area contributed by atoms with Gasteiger partial charge in [0.05, 0.1) is 11.7 Å². The number of rotatable bonds is 3. The van der Waals surface area contributed by atoms with E-state index in [1.54, 1.807) is 18.2 Å². The van der Waals surface area contributed by atoms with E-state index >= 15 is 0 Å². The van der Waals surface area contributed by atoms with Gasteiger partial charge < -0.3 is 16.6 Å². The highest BCUT2D eigenvalue weighted by molar-refractivity contribution is 5.78. The zero-order valence-corrected chi connectivity index (χ0v) is 8.89. The number of hydrogen-bond acceptors (Lipinski definition) is 4. The first-order chi connectivity index (χ1) is 7.11. The number of phenolic OH excluding ortho intramolecular Hbond substituents is 1. The van der Waals surface area contributed by atoms with E-state index in [1.165, 1.54) is 6.07 Å². The summed E-state index contributed by atoms with van der Waals surface area (Å²) >= 11 is 0. The summed E-state index contributed by atoms with van der Waals surface area (Å²) in [6, 6.07) is 6.40. The third-order valence-corrected chi connectivity index (χ3v) is 1.69. The average molecular weight is 210 g/mol. The first-order valence-corrected chi connectivity index (χ1v) is 4.86. The van der Waals surface area contributed by atoms with E-state index in [9.17, 15) is 4.79 Å². The van der Waals surface area contributed by atoms with Crippen LogP contribution in [-0.4, -0.2) is 17.6 Å². The Morgan fingerprint density at radius 3 is 2.27 bits per heavy atom. The highest BCUT2D eigenvalue weighted by Gasteiger charge is 1.93. The molecule has 0 radical (unpaired) electrons. The van der Waals surface area contributed by atoms with Crippen molar-refractivity contribution >= 4 is 6.29 Å². The van der Waals surface area contributed by atoms with E-state index in [4.69, 9.17) is 16.6 Å². The van der Waals surface area contributed by atoms with Gasteiger partial charge in [-0.3, -0.25) is 4.79 Å². The number of benzene rings is 1. The van der Waals surface area contributed by atoms with Crippen LogP contribution in [0.4, 0.5) is 0 Å². The molecule has 1 rings (SSSR count). The molecule has 0 aliphatic heterocycles. The van der Waals surface area contributed by atoms with Gasteiger partial charge in [-0.2, -0.15) is 0 Å². The van der Waals surface area contributed by atoms with Crippen molar-refractivity contribution < 1.29 is 9.90 Å². The summed E-state index contributed by atoms with van der Waals surface area (Å²) in [4.78, 5) is 10.1. The summed E-state index contributed by atoms with van der Waals surface area (Å²) in [5, 5.41) is 8.88. The van der Waals surface area contributed by atoms with Gasteiger partial charge in [-0.15, -0.1) is 0 Å². The van der Waals surface area contributed by atoms with Crippen molar-refractivity contribution in [3.8, 4) is 5.75 Å². The Morgan fingerprint density at radius 2 is 2.00 bits per heavy atom. The molecule has 0 bridgehead atoms. The Kier molecular flexibility index (Phi) is 7.23. The molecule has 0 spiro atoms. The maximum Gasteiger partial charge on any atom is 0.153 e. The second-order valence-corrected chi connectivity index (χ2v) is 3.13. The SMILES string of the molecule is CCCC(N)N.O=Cc1ccccc1O. The van der Waals surface area contributed by atoms with E-state index in [-0.39, 0.29) is 11.9 Å². The van der Waals surface area contributed by atoms with Crippen molar-refractivity contribution in [1.82, 2.24) is 0 Å². The van der Waals surface area contributed by atoms with Crippen LogP contribution in [0.2, 0.25) is 0 Å². The molecule has 84 valence electrons. The highest BCUT2D eigenvalue weighted by Crippen LogP contribution is 2.11. The Bertz CT molecular complexity index is 288. The van der Waals surface area contributed by atoms with Crippen LogP contribution in [0.15, 0.2) is 24.3 Å². The fraction of sp³-hybridized carbons (Fsp3) is 0.364. The van der Waals surface area contributed by atoms with Gasteiger partial charge >= 0.3 is 0 Å². The number of carbonyl (C=O) groups is 1. The quantitative estimate of drug-likeness (QED) is 0.517. The molecule has 0 saturated carbocycles. The molecule has 4 heteroatoms. The van der Waals surface area contributed by atoms with Gasteiger partial charge in [0.2, 0.25) is 0 Å². The van der Waals surface area contributed by atoms with Crippen LogP contribution in [0.5, 0.6) is 5.75 Å². The van der Waals surface area contributed by atoms with Crippen LogP contribution >= 0.6 is 0 Å². The average Bonchev–Trinajstić information content (AvgIpc) is 2.19. The van der Waals surface area contributed by atoms with E-state index in [0.29, 0.717) is 11.8 Å². The molecule has 0 atom stereocenters. The third kappa shape index (κ3) is 6.65. The van der Waals surface area contributed by atoms with Crippen molar-refractivity contribution in [3.63, 3.8) is 0 Å². The van der Waals surface area contributed by atoms with Crippen LogP contribution in [0.25, 0.3) is 0 Å². The third-order valence-electron chi connectivity index (χ3n) is 1.69. The van der Waals surface area contributed by atoms with Crippen molar-refractivity contribution in [1.29, 1.82) is 0 Å². The Morgan fingerprint density at radius 1 is 1.40 bits per heavy atom. The number of phenols is 1. The summed E-state index contributed by atoms with van der Waals surface area (Å²) in [6.45, 7) is 2.06. The fourth-order valence-electron chi connectivity index (χ4n) is 0.921. The Balaban J connectivity index is 0.000000288. The second-order valence-electron chi connectivity index (χ2n) is 3.13. The number of hydrogen-bond donors (Lipinski definition) is 3. The molecule has 0 unspecified atom stereocenters. The van der Waals surface area contributed by atoms with E-state index < -0.39 is 0 Å². The van der Waals surface area contributed by atoms with Gasteiger partial charge in [0.25, 0.3) is 0 Å². The topological polar surface area (TPSA) is 89.3 Å². The van der Waals surface area contributed by atoms with Crippen LogP contribution in [-0.2, 0) is 0 Å². The molecule has 0 amide bonds. The maximum atomic E-state index is 10.1. The van der Waals surface area contributed by atoms with Crippen LogP contribution in [0.1, 0.15) is 30.1 Å². The van der Waals surface area contributed by atoms with Gasteiger partial charge in [0.1, 0.15) is 5.75 Å². The highest BCUT2D eigenvalue weighted by atomic mass is 16.3. The summed E-state index contributed by atoms with van der Waals surface area (Å²) in [5.41, 5.74) is 10.7. The molecule has 1 aromatic rings. The van der Waals surface area contributed by atoms with Gasteiger partial charge in [-0.05, 0) is 18.6 Å². The lowest BCUT2D eigenvalue weighted by Gasteiger charge is -1.97.